The van der Waals surface area contributed by atoms with Crippen LogP contribution in [-0.2, 0) is 16.7 Å². The standard InChI is InChI=1S/C17H23N11O3S/c1-10-21-13(9-18)25-16(22-10)23-11-3-5-12(6-4-11)24-17-27-14(19-2)26-15(28-17)20-7-8-32(29,30)31/h3-6H,7-9,18H2,1-2H3,(H,29,30,31)(H,21,22,23,25)(H3,19,20,24,26,27,28). The maximum Gasteiger partial charge on any atom is 0.266 e. The molecule has 1 aromatic carbocycles. The monoisotopic (exact) mass is 461 g/mol. The highest BCUT2D eigenvalue weighted by Crippen LogP contribution is 2.20. The van der Waals surface area contributed by atoms with Gasteiger partial charge in [-0.15, -0.1) is 0 Å². The molecular weight excluding hydrogens is 438 g/mol. The van der Waals surface area contributed by atoms with Gasteiger partial charge in [0.1, 0.15) is 11.6 Å². The molecule has 0 aliphatic heterocycles. The Bertz CT molecular complexity index is 1170. The zero-order valence-electron chi connectivity index (χ0n) is 17.4. The highest BCUT2D eigenvalue weighted by Gasteiger charge is 2.09. The van der Waals surface area contributed by atoms with Crippen molar-refractivity contribution < 1.29 is 13.0 Å². The second kappa shape index (κ2) is 10.1. The summed E-state index contributed by atoms with van der Waals surface area (Å²) in [6.45, 7) is 1.92. The van der Waals surface area contributed by atoms with Crippen LogP contribution in [0.15, 0.2) is 24.3 Å². The summed E-state index contributed by atoms with van der Waals surface area (Å²) < 4.78 is 30.6. The Hall–Kier alpha value is -3.69. The third-order valence-electron chi connectivity index (χ3n) is 3.88. The number of hydrogen-bond acceptors (Lipinski definition) is 13. The molecule has 2 heterocycles. The summed E-state index contributed by atoms with van der Waals surface area (Å²) >= 11 is 0. The molecule has 7 N–H and O–H groups in total. The Morgan fingerprint density at radius 1 is 0.875 bits per heavy atom. The van der Waals surface area contributed by atoms with Crippen molar-refractivity contribution in [2.24, 2.45) is 5.73 Å². The minimum Gasteiger partial charge on any atom is -0.357 e. The van der Waals surface area contributed by atoms with Gasteiger partial charge >= 0.3 is 0 Å². The summed E-state index contributed by atoms with van der Waals surface area (Å²) in [7, 11) is -2.45. The number of aryl methyl sites for hydroxylation is 1. The topological polar surface area (TPSA) is 206 Å². The fourth-order valence-corrected chi connectivity index (χ4v) is 2.85. The molecule has 3 aromatic rings. The molecule has 0 bridgehead atoms. The summed E-state index contributed by atoms with van der Waals surface area (Å²) in [5, 5.41) is 11.7. The van der Waals surface area contributed by atoms with Crippen LogP contribution in [0, 0.1) is 6.92 Å². The highest BCUT2D eigenvalue weighted by atomic mass is 32.2. The van der Waals surface area contributed by atoms with E-state index in [4.69, 9.17) is 10.3 Å². The molecule has 0 aliphatic carbocycles. The minimum atomic E-state index is -4.09. The Kier molecular flexibility index (Phi) is 7.24. The quantitative estimate of drug-likeness (QED) is 0.229. The van der Waals surface area contributed by atoms with Gasteiger partial charge in [0, 0.05) is 25.0 Å². The van der Waals surface area contributed by atoms with Gasteiger partial charge < -0.3 is 27.0 Å². The number of benzene rings is 1. The first kappa shape index (κ1) is 23.0. The molecule has 170 valence electrons. The van der Waals surface area contributed by atoms with Crippen molar-refractivity contribution in [2.45, 2.75) is 13.5 Å². The highest BCUT2D eigenvalue weighted by molar-refractivity contribution is 7.85. The van der Waals surface area contributed by atoms with Crippen molar-refractivity contribution >= 4 is 45.3 Å². The van der Waals surface area contributed by atoms with Gasteiger partial charge in [-0.05, 0) is 31.2 Å². The molecule has 0 amide bonds. The minimum absolute atomic E-state index is 0.0613. The van der Waals surface area contributed by atoms with Crippen LogP contribution < -0.4 is 27.0 Å². The Morgan fingerprint density at radius 3 is 2.00 bits per heavy atom. The second-order valence-corrected chi connectivity index (χ2v) is 8.00. The van der Waals surface area contributed by atoms with E-state index in [1.54, 1.807) is 26.1 Å². The van der Waals surface area contributed by atoms with Gasteiger partial charge in [0.05, 0.1) is 12.3 Å². The lowest BCUT2D eigenvalue weighted by molar-refractivity contribution is 0.484. The number of anilines is 6. The van der Waals surface area contributed by atoms with Gasteiger partial charge in [-0.3, -0.25) is 4.55 Å². The SMILES string of the molecule is CNc1nc(NCCS(=O)(=O)O)nc(Nc2ccc(Nc3nc(C)nc(CN)n3)cc2)n1. The molecule has 0 spiro atoms. The molecule has 2 aromatic heterocycles. The van der Waals surface area contributed by atoms with Crippen LogP contribution in [0.3, 0.4) is 0 Å². The molecule has 32 heavy (non-hydrogen) atoms. The molecule has 0 saturated heterocycles. The average molecular weight is 462 g/mol. The van der Waals surface area contributed by atoms with Crippen molar-refractivity contribution in [3.8, 4) is 0 Å². The first-order chi connectivity index (χ1) is 15.2. The number of hydrogen-bond donors (Lipinski definition) is 6. The fraction of sp³-hybridized carbons (Fsp3) is 0.294. The summed E-state index contributed by atoms with van der Waals surface area (Å²) in [6.07, 6.45) is 0. The zero-order chi connectivity index (χ0) is 23.1. The maximum absolute atomic E-state index is 10.9. The van der Waals surface area contributed by atoms with Crippen molar-refractivity contribution in [3.63, 3.8) is 0 Å². The lowest BCUT2D eigenvalue weighted by Crippen LogP contribution is -2.17. The first-order valence-corrected chi connectivity index (χ1v) is 11.0. The van der Waals surface area contributed by atoms with Crippen molar-refractivity contribution in [2.75, 3.05) is 40.6 Å². The zero-order valence-corrected chi connectivity index (χ0v) is 18.2. The molecular formula is C17H23N11O3S. The first-order valence-electron chi connectivity index (χ1n) is 9.42. The molecule has 0 unspecified atom stereocenters. The maximum atomic E-state index is 10.9. The lowest BCUT2D eigenvalue weighted by Gasteiger charge is -2.11. The normalized spacial score (nSPS) is 11.1. The largest absolute Gasteiger partial charge is 0.357 e. The Balaban J connectivity index is 1.69. The van der Waals surface area contributed by atoms with E-state index >= 15 is 0 Å². The van der Waals surface area contributed by atoms with Crippen molar-refractivity contribution in [1.29, 1.82) is 0 Å². The van der Waals surface area contributed by atoms with E-state index in [1.807, 2.05) is 12.1 Å². The molecule has 3 rings (SSSR count). The Morgan fingerprint density at radius 2 is 1.44 bits per heavy atom. The third kappa shape index (κ3) is 6.93. The summed E-state index contributed by atoms with van der Waals surface area (Å²) in [5.41, 5.74) is 7.05. The predicted molar refractivity (Wildman–Crippen MR) is 120 cm³/mol. The third-order valence-corrected chi connectivity index (χ3v) is 4.60. The number of nitrogens with two attached hydrogens (primary N) is 1. The van der Waals surface area contributed by atoms with E-state index in [0.717, 1.165) is 5.69 Å². The summed E-state index contributed by atoms with van der Waals surface area (Å²) in [4.78, 5) is 25.1. The van der Waals surface area contributed by atoms with Gasteiger partial charge in [-0.25, -0.2) is 4.98 Å². The van der Waals surface area contributed by atoms with E-state index < -0.39 is 15.9 Å². The number of nitrogens with one attached hydrogen (secondary N) is 4. The smallest absolute Gasteiger partial charge is 0.266 e. The molecule has 14 nitrogen and oxygen atoms in total. The van der Waals surface area contributed by atoms with Crippen LogP contribution in [0.1, 0.15) is 11.6 Å². The van der Waals surface area contributed by atoms with Crippen LogP contribution in [0.2, 0.25) is 0 Å². The van der Waals surface area contributed by atoms with Crippen LogP contribution in [0.4, 0.5) is 35.2 Å². The van der Waals surface area contributed by atoms with E-state index in [-0.39, 0.29) is 30.9 Å². The van der Waals surface area contributed by atoms with Crippen LogP contribution in [0.5, 0.6) is 0 Å². The molecule has 0 radical (unpaired) electrons. The second-order valence-electron chi connectivity index (χ2n) is 6.42. The van der Waals surface area contributed by atoms with E-state index in [9.17, 15) is 8.42 Å². The number of rotatable bonds is 10. The molecule has 0 fully saturated rings. The Labute approximate surface area is 184 Å². The number of aromatic nitrogens is 6. The van der Waals surface area contributed by atoms with Gasteiger partial charge in [-0.1, -0.05) is 0 Å². The molecule has 0 aliphatic rings. The van der Waals surface area contributed by atoms with E-state index in [0.29, 0.717) is 23.3 Å². The molecule has 15 heteroatoms. The summed E-state index contributed by atoms with van der Waals surface area (Å²) in [6, 6.07) is 7.23. The van der Waals surface area contributed by atoms with Gasteiger partial charge in [-0.2, -0.15) is 33.3 Å². The van der Waals surface area contributed by atoms with Crippen LogP contribution in [-0.4, -0.2) is 62.2 Å². The molecule has 0 saturated carbocycles. The van der Waals surface area contributed by atoms with Crippen molar-refractivity contribution in [3.05, 3.63) is 35.9 Å². The van der Waals surface area contributed by atoms with Crippen LogP contribution in [0.25, 0.3) is 0 Å². The average Bonchev–Trinajstić information content (AvgIpc) is 2.73. The fourth-order valence-electron chi connectivity index (χ4n) is 2.49. The number of nitrogens with zero attached hydrogens (tertiary/aromatic N) is 6. The molecule has 0 atom stereocenters. The predicted octanol–water partition coefficient (Wildman–Crippen LogP) is 0.652. The van der Waals surface area contributed by atoms with Gasteiger partial charge in [0.2, 0.25) is 23.8 Å². The van der Waals surface area contributed by atoms with Gasteiger partial charge in [0.15, 0.2) is 0 Å². The van der Waals surface area contributed by atoms with E-state index in [1.165, 1.54) is 0 Å². The van der Waals surface area contributed by atoms with Crippen molar-refractivity contribution in [1.82, 2.24) is 29.9 Å². The van der Waals surface area contributed by atoms with E-state index in [2.05, 4.69) is 51.2 Å². The summed E-state index contributed by atoms with van der Waals surface area (Å²) in [5.74, 6) is 1.64. The van der Waals surface area contributed by atoms with Crippen LogP contribution >= 0.6 is 0 Å². The lowest BCUT2D eigenvalue weighted by atomic mass is 10.3. The van der Waals surface area contributed by atoms with Gasteiger partial charge in [0.25, 0.3) is 10.1 Å².